The van der Waals surface area contributed by atoms with Gasteiger partial charge >= 0.3 is 0 Å². The molecule has 3 rings (SSSR count). The lowest BCUT2D eigenvalue weighted by Crippen LogP contribution is -2.16. The first-order valence-corrected chi connectivity index (χ1v) is 12.5. The Morgan fingerprint density at radius 3 is 2.50 bits per heavy atom. The summed E-state index contributed by atoms with van der Waals surface area (Å²) in [5, 5.41) is 0. The molecule has 0 spiro atoms. The molecule has 6 nitrogen and oxygen atoms in total. The molecule has 26 heavy (non-hydrogen) atoms. The number of hydrogen-bond donors (Lipinski definition) is 0. The molecule has 0 bridgehead atoms. The lowest BCUT2D eigenvalue weighted by atomic mass is 10.3. The molecule has 11 heteroatoms. The van der Waals surface area contributed by atoms with Crippen LogP contribution in [0.25, 0.3) is 10.2 Å². The predicted molar refractivity (Wildman–Crippen MR) is 105 cm³/mol. The number of halogens is 1. The van der Waals surface area contributed by atoms with E-state index in [-0.39, 0.29) is 13.9 Å². The number of allylic oxidation sites excluding steroid dienone is 1. The highest BCUT2D eigenvalue weighted by molar-refractivity contribution is 7.92. The quantitative estimate of drug-likeness (QED) is 0.560. The van der Waals surface area contributed by atoms with Crippen LogP contribution in [-0.4, -0.2) is 27.7 Å². The number of aromatic nitrogens is 1. The number of fused-ring (bicyclic) bond motifs is 1. The van der Waals surface area contributed by atoms with Crippen molar-refractivity contribution in [3.8, 4) is 0 Å². The van der Waals surface area contributed by atoms with Gasteiger partial charge in [-0.2, -0.15) is 8.42 Å². The van der Waals surface area contributed by atoms with E-state index in [9.17, 15) is 16.8 Å². The molecule has 2 aromatic heterocycles. The predicted octanol–water partition coefficient (Wildman–Crippen LogP) is 3.30. The van der Waals surface area contributed by atoms with Gasteiger partial charge in [0.1, 0.15) is 4.21 Å². The maximum atomic E-state index is 12.5. The van der Waals surface area contributed by atoms with Crippen LogP contribution in [-0.2, 0) is 26.4 Å². The second-order valence-electron chi connectivity index (χ2n) is 5.31. The Labute approximate surface area is 163 Å². The standard InChI is InChI=1S/C15H13ClN2O4S4/c1-3-8-18-11-5-4-10(25(2,19)20)9-12(11)23-15(18)17-26(21,22)14-7-6-13(16)24-14/h3-7,9H,1,8H2,2H3. The Hall–Kier alpha value is -1.46. The van der Waals surface area contributed by atoms with E-state index in [1.165, 1.54) is 24.3 Å². The number of benzene rings is 1. The largest absolute Gasteiger partial charge is 0.312 e. The third-order valence-electron chi connectivity index (χ3n) is 3.40. The molecular weight excluding hydrogens is 436 g/mol. The van der Waals surface area contributed by atoms with E-state index in [0.717, 1.165) is 28.9 Å². The van der Waals surface area contributed by atoms with Crippen LogP contribution >= 0.6 is 34.3 Å². The van der Waals surface area contributed by atoms with Crippen molar-refractivity contribution in [3.63, 3.8) is 0 Å². The van der Waals surface area contributed by atoms with Crippen molar-refractivity contribution >= 4 is 64.4 Å². The maximum absolute atomic E-state index is 12.5. The SMILES string of the molecule is C=CCn1c(=NS(=O)(=O)c2ccc(Cl)s2)sc2cc(S(C)(=O)=O)ccc21. The Kier molecular flexibility index (Phi) is 5.15. The van der Waals surface area contributed by atoms with Gasteiger partial charge < -0.3 is 4.57 Å². The number of hydrogen-bond acceptors (Lipinski definition) is 6. The highest BCUT2D eigenvalue weighted by atomic mass is 35.5. The molecule has 0 unspecified atom stereocenters. The normalized spacial score (nSPS) is 13.4. The highest BCUT2D eigenvalue weighted by Crippen LogP contribution is 2.27. The Bertz CT molecular complexity index is 1280. The number of sulfone groups is 1. The van der Waals surface area contributed by atoms with E-state index in [1.807, 2.05) is 0 Å². The first-order valence-electron chi connectivity index (χ1n) is 7.12. The van der Waals surface area contributed by atoms with Gasteiger partial charge in [0.15, 0.2) is 9.84 Å². The van der Waals surface area contributed by atoms with Crippen molar-refractivity contribution in [2.24, 2.45) is 4.40 Å². The first-order chi connectivity index (χ1) is 12.1. The zero-order chi connectivity index (χ0) is 19.1. The van der Waals surface area contributed by atoms with Gasteiger partial charge in [-0.1, -0.05) is 29.0 Å². The second-order valence-corrected chi connectivity index (χ2v) is 11.9. The minimum Gasteiger partial charge on any atom is -0.312 e. The average molecular weight is 449 g/mol. The van der Waals surface area contributed by atoms with Crippen molar-refractivity contribution in [2.45, 2.75) is 15.6 Å². The first kappa shape index (κ1) is 19.3. The molecule has 3 aromatic rings. The van der Waals surface area contributed by atoms with E-state index >= 15 is 0 Å². The van der Waals surface area contributed by atoms with Gasteiger partial charge in [-0.3, -0.25) is 0 Å². The van der Waals surface area contributed by atoms with Crippen molar-refractivity contribution in [1.82, 2.24) is 4.57 Å². The van der Waals surface area contributed by atoms with Gasteiger partial charge in [-0.25, -0.2) is 8.42 Å². The summed E-state index contributed by atoms with van der Waals surface area (Å²) in [6.07, 6.45) is 2.74. The molecule has 2 heterocycles. The number of thiazole rings is 1. The average Bonchev–Trinajstić information content (AvgIpc) is 3.11. The zero-order valence-electron chi connectivity index (χ0n) is 13.4. The molecule has 0 saturated carbocycles. The molecule has 0 aliphatic carbocycles. The molecule has 0 fully saturated rings. The van der Waals surface area contributed by atoms with Crippen LogP contribution in [0.15, 0.2) is 56.5 Å². The molecular formula is C15H13ClN2O4S4. The van der Waals surface area contributed by atoms with Crippen LogP contribution in [0.5, 0.6) is 0 Å². The molecule has 0 aliphatic rings. The van der Waals surface area contributed by atoms with Gasteiger partial charge in [-0.05, 0) is 30.3 Å². The molecule has 1 aromatic carbocycles. The molecule has 0 radical (unpaired) electrons. The minimum absolute atomic E-state index is 0.0435. The second kappa shape index (κ2) is 6.93. The molecule has 0 atom stereocenters. The molecule has 0 amide bonds. The van der Waals surface area contributed by atoms with Crippen molar-refractivity contribution in [3.05, 3.63) is 52.1 Å². The fraction of sp³-hybridized carbons (Fsp3) is 0.133. The van der Waals surface area contributed by atoms with E-state index in [4.69, 9.17) is 11.6 Å². The third kappa shape index (κ3) is 3.79. The fourth-order valence-corrected chi connectivity index (χ4v) is 6.71. The van der Waals surface area contributed by atoms with E-state index in [0.29, 0.717) is 21.1 Å². The molecule has 0 saturated heterocycles. The minimum atomic E-state index is -3.92. The van der Waals surface area contributed by atoms with Gasteiger partial charge in [0.05, 0.1) is 19.4 Å². The van der Waals surface area contributed by atoms with Gasteiger partial charge in [0.2, 0.25) is 4.80 Å². The summed E-state index contributed by atoms with van der Waals surface area (Å²) < 4.78 is 55.2. The van der Waals surface area contributed by atoms with Crippen molar-refractivity contribution in [1.29, 1.82) is 0 Å². The summed E-state index contributed by atoms with van der Waals surface area (Å²) >= 11 is 7.84. The topological polar surface area (TPSA) is 85.6 Å². The summed E-state index contributed by atoms with van der Waals surface area (Å²) in [7, 11) is -7.29. The van der Waals surface area contributed by atoms with E-state index in [1.54, 1.807) is 16.7 Å². The van der Waals surface area contributed by atoms with E-state index < -0.39 is 19.9 Å². The van der Waals surface area contributed by atoms with Gasteiger partial charge in [-0.15, -0.1) is 22.3 Å². The van der Waals surface area contributed by atoms with Crippen LogP contribution in [0.4, 0.5) is 0 Å². The number of rotatable bonds is 5. The van der Waals surface area contributed by atoms with E-state index in [2.05, 4.69) is 11.0 Å². The Morgan fingerprint density at radius 2 is 1.92 bits per heavy atom. The maximum Gasteiger partial charge on any atom is 0.294 e. The molecule has 0 N–H and O–H groups in total. The van der Waals surface area contributed by atoms with Crippen LogP contribution in [0.3, 0.4) is 0 Å². The van der Waals surface area contributed by atoms with Crippen LogP contribution in [0, 0.1) is 0 Å². The van der Waals surface area contributed by atoms with Gasteiger partial charge in [0.25, 0.3) is 10.0 Å². The smallest absolute Gasteiger partial charge is 0.294 e. The lowest BCUT2D eigenvalue weighted by Gasteiger charge is -2.02. The lowest BCUT2D eigenvalue weighted by molar-refractivity contribution is 0.597. The monoisotopic (exact) mass is 448 g/mol. The zero-order valence-corrected chi connectivity index (χ0v) is 17.4. The molecule has 138 valence electrons. The highest BCUT2D eigenvalue weighted by Gasteiger charge is 2.18. The summed E-state index contributed by atoms with van der Waals surface area (Å²) in [4.78, 5) is 0.395. The van der Waals surface area contributed by atoms with Gasteiger partial charge in [0, 0.05) is 12.8 Å². The summed E-state index contributed by atoms with van der Waals surface area (Å²) in [5.74, 6) is 0. The van der Waals surface area contributed by atoms with Crippen molar-refractivity contribution in [2.75, 3.05) is 6.26 Å². The summed E-state index contributed by atoms with van der Waals surface area (Å²) in [6, 6.07) is 7.54. The fourth-order valence-electron chi connectivity index (χ4n) is 2.24. The Balaban J connectivity index is 2.27. The summed E-state index contributed by atoms with van der Waals surface area (Å²) in [6.45, 7) is 4.01. The van der Waals surface area contributed by atoms with Crippen LogP contribution < -0.4 is 4.80 Å². The molecule has 0 aliphatic heterocycles. The van der Waals surface area contributed by atoms with Crippen LogP contribution in [0.2, 0.25) is 4.34 Å². The third-order valence-corrected chi connectivity index (χ3v) is 8.63. The van der Waals surface area contributed by atoms with Crippen LogP contribution in [0.1, 0.15) is 0 Å². The number of thiophene rings is 1. The summed E-state index contributed by atoms with van der Waals surface area (Å²) in [5.41, 5.74) is 0.681. The number of sulfonamides is 1. The Morgan fingerprint density at radius 1 is 1.19 bits per heavy atom. The number of nitrogens with zero attached hydrogens (tertiary/aromatic N) is 2. The van der Waals surface area contributed by atoms with Crippen molar-refractivity contribution < 1.29 is 16.8 Å².